The van der Waals surface area contributed by atoms with Crippen molar-refractivity contribution in [1.29, 1.82) is 0 Å². The third-order valence-corrected chi connectivity index (χ3v) is 11.5. The van der Waals surface area contributed by atoms with Gasteiger partial charge in [0.2, 0.25) is 0 Å². The van der Waals surface area contributed by atoms with Gasteiger partial charge in [-0.15, -0.1) is 0 Å². The van der Waals surface area contributed by atoms with E-state index in [-0.39, 0.29) is 0 Å². The molecule has 1 aliphatic rings. The number of hydrogen-bond acceptors (Lipinski definition) is 0. The molecule has 1 atom stereocenters. The Balaban J connectivity index is 1.88. The lowest BCUT2D eigenvalue weighted by Gasteiger charge is -2.32. The second-order valence-electron chi connectivity index (χ2n) is 8.24. The molecule has 1 unspecified atom stereocenters. The van der Waals surface area contributed by atoms with Crippen LogP contribution in [-0.4, -0.2) is 8.07 Å². The number of aryl methyl sites for hydroxylation is 1. The van der Waals surface area contributed by atoms with Gasteiger partial charge in [0, 0.05) is 0 Å². The minimum Gasteiger partial charge on any atom is -0.0623 e. The molecule has 0 saturated heterocycles. The zero-order valence-electron chi connectivity index (χ0n) is 17.0. The molecule has 0 N–H and O–H groups in total. The molecule has 1 heteroatoms. The van der Waals surface area contributed by atoms with Crippen molar-refractivity contribution < 1.29 is 0 Å². The van der Waals surface area contributed by atoms with Gasteiger partial charge in [-0.25, -0.2) is 0 Å². The Morgan fingerprint density at radius 1 is 0.533 bits per heavy atom. The molecule has 0 amide bonds. The van der Waals surface area contributed by atoms with Crippen molar-refractivity contribution in [3.05, 3.63) is 121 Å². The van der Waals surface area contributed by atoms with Crippen LogP contribution in [0.5, 0.6) is 0 Å². The summed E-state index contributed by atoms with van der Waals surface area (Å²) in [6.07, 6.45) is 0. The topological polar surface area (TPSA) is 0 Å². The van der Waals surface area contributed by atoms with Gasteiger partial charge >= 0.3 is 0 Å². The van der Waals surface area contributed by atoms with Crippen LogP contribution in [0.1, 0.15) is 5.56 Å². The second-order valence-corrected chi connectivity index (χ2v) is 11.9. The molecule has 0 nitrogen and oxygen atoms in total. The van der Waals surface area contributed by atoms with Crippen molar-refractivity contribution in [3.63, 3.8) is 0 Å². The van der Waals surface area contributed by atoms with Gasteiger partial charge in [-0.2, -0.15) is 0 Å². The molecule has 0 fully saturated rings. The molecule has 6 rings (SSSR count). The predicted molar refractivity (Wildman–Crippen MR) is 131 cm³/mol. The predicted octanol–water partition coefficient (Wildman–Crippen LogP) is 4.51. The highest BCUT2D eigenvalue weighted by molar-refractivity contribution is 7.23. The first-order valence-electron chi connectivity index (χ1n) is 10.5. The summed E-state index contributed by atoms with van der Waals surface area (Å²) in [5.41, 5.74) is 4.12. The van der Waals surface area contributed by atoms with E-state index in [2.05, 4.69) is 122 Å². The van der Waals surface area contributed by atoms with Gasteiger partial charge in [0.1, 0.15) is 0 Å². The van der Waals surface area contributed by atoms with E-state index in [9.17, 15) is 0 Å². The fourth-order valence-electron chi connectivity index (χ4n) is 5.41. The maximum absolute atomic E-state index is 2.42. The molecule has 0 saturated carbocycles. The minimum absolute atomic E-state index is 1.32. The van der Waals surface area contributed by atoms with E-state index in [4.69, 9.17) is 0 Å². The standard InChI is InChI=1S/C29H22Si/c1-21-10-9-14-24(20-21)30(23-12-3-2-4-13-23)28-17-8-7-16-26(28)27-19-18-22-11-5-6-15-25(22)29(27)30/h2-20H,1H3. The molecule has 0 bridgehead atoms. The smallest absolute Gasteiger partial charge is 0.0623 e. The van der Waals surface area contributed by atoms with Crippen LogP contribution in [0.25, 0.3) is 21.9 Å². The molecule has 5 aromatic rings. The largest absolute Gasteiger partial charge is 0.181 e. The van der Waals surface area contributed by atoms with Crippen molar-refractivity contribution in [2.75, 3.05) is 0 Å². The Bertz CT molecular complexity index is 1400. The molecule has 0 spiro atoms. The molecule has 0 aromatic heterocycles. The first-order chi connectivity index (χ1) is 14.8. The zero-order chi connectivity index (χ0) is 20.1. The SMILES string of the molecule is Cc1cccc([Si]2(c3ccccc3)c3ccccc3-c3ccc4ccccc4c32)c1. The molecule has 1 aliphatic heterocycles. The molecular weight excluding hydrogens is 376 g/mol. The van der Waals surface area contributed by atoms with E-state index < -0.39 is 8.07 Å². The average Bonchev–Trinajstić information content (AvgIpc) is 3.11. The fraction of sp³-hybridized carbons (Fsp3) is 0.0345. The molecule has 0 radical (unpaired) electrons. The third-order valence-electron chi connectivity index (χ3n) is 6.58. The van der Waals surface area contributed by atoms with Crippen LogP contribution in [0.3, 0.4) is 0 Å². The summed E-state index contributed by atoms with van der Waals surface area (Å²) >= 11 is 0. The van der Waals surface area contributed by atoms with Gasteiger partial charge in [0.05, 0.1) is 0 Å². The zero-order valence-corrected chi connectivity index (χ0v) is 18.0. The third kappa shape index (κ3) is 2.27. The highest BCUT2D eigenvalue weighted by Crippen LogP contribution is 2.32. The van der Waals surface area contributed by atoms with E-state index in [0.29, 0.717) is 0 Å². The van der Waals surface area contributed by atoms with Crippen molar-refractivity contribution in [2.45, 2.75) is 6.92 Å². The van der Waals surface area contributed by atoms with Gasteiger partial charge in [-0.05, 0) is 49.6 Å². The van der Waals surface area contributed by atoms with Crippen molar-refractivity contribution in [2.24, 2.45) is 0 Å². The van der Waals surface area contributed by atoms with Crippen LogP contribution in [0, 0.1) is 6.92 Å². The molecule has 30 heavy (non-hydrogen) atoms. The number of benzene rings is 5. The van der Waals surface area contributed by atoms with Crippen LogP contribution in [0.2, 0.25) is 0 Å². The number of hydrogen-bond donors (Lipinski definition) is 0. The van der Waals surface area contributed by atoms with Gasteiger partial charge in [-0.1, -0.05) is 121 Å². The summed E-state index contributed by atoms with van der Waals surface area (Å²) < 4.78 is 0. The van der Waals surface area contributed by atoms with Crippen molar-refractivity contribution in [3.8, 4) is 11.1 Å². The van der Waals surface area contributed by atoms with Crippen LogP contribution < -0.4 is 20.7 Å². The minimum atomic E-state index is -2.42. The molecule has 5 aromatic carbocycles. The summed E-state index contributed by atoms with van der Waals surface area (Å²) in [6.45, 7) is 2.21. The highest BCUT2D eigenvalue weighted by atomic mass is 28.3. The summed E-state index contributed by atoms with van der Waals surface area (Å²) in [4.78, 5) is 0. The van der Waals surface area contributed by atoms with Gasteiger partial charge in [0.15, 0.2) is 8.07 Å². The maximum atomic E-state index is 2.42. The Labute approximate surface area is 178 Å². The first-order valence-corrected chi connectivity index (χ1v) is 12.5. The first kappa shape index (κ1) is 17.4. The van der Waals surface area contributed by atoms with Crippen LogP contribution >= 0.6 is 0 Å². The number of rotatable bonds is 2. The summed E-state index contributed by atoms with van der Waals surface area (Å²) in [5, 5.41) is 8.69. The summed E-state index contributed by atoms with van der Waals surface area (Å²) in [5.74, 6) is 0. The summed E-state index contributed by atoms with van der Waals surface area (Å²) in [7, 11) is -2.42. The van der Waals surface area contributed by atoms with E-state index in [1.165, 1.54) is 43.0 Å². The van der Waals surface area contributed by atoms with Gasteiger partial charge in [-0.3, -0.25) is 0 Å². The monoisotopic (exact) mass is 398 g/mol. The van der Waals surface area contributed by atoms with Gasteiger partial charge < -0.3 is 0 Å². The van der Waals surface area contributed by atoms with E-state index in [1.54, 1.807) is 5.19 Å². The van der Waals surface area contributed by atoms with Crippen LogP contribution in [0.4, 0.5) is 0 Å². The van der Waals surface area contributed by atoms with Crippen LogP contribution in [0.15, 0.2) is 115 Å². The van der Waals surface area contributed by atoms with E-state index in [1.807, 2.05) is 0 Å². The fourth-order valence-corrected chi connectivity index (χ4v) is 10.9. The van der Waals surface area contributed by atoms with Crippen molar-refractivity contribution >= 4 is 39.6 Å². The lowest BCUT2D eigenvalue weighted by atomic mass is 10.0. The van der Waals surface area contributed by atoms with Gasteiger partial charge in [0.25, 0.3) is 0 Å². The molecular formula is C29H22Si. The molecule has 142 valence electrons. The van der Waals surface area contributed by atoms with Crippen molar-refractivity contribution in [1.82, 2.24) is 0 Å². The normalized spacial score (nSPS) is 17.0. The Morgan fingerprint density at radius 3 is 2.13 bits per heavy atom. The van der Waals surface area contributed by atoms with Crippen LogP contribution in [-0.2, 0) is 0 Å². The maximum Gasteiger partial charge on any atom is 0.181 e. The van der Waals surface area contributed by atoms with E-state index >= 15 is 0 Å². The average molecular weight is 399 g/mol. The lowest BCUT2D eigenvalue weighted by molar-refractivity contribution is 1.49. The second kappa shape index (κ2) is 6.55. The summed E-state index contributed by atoms with van der Waals surface area (Å²) in [6, 6.07) is 43.1. The Morgan fingerprint density at radius 2 is 1.27 bits per heavy atom. The Kier molecular flexibility index (Phi) is 3.81. The number of fused-ring (bicyclic) bond motifs is 5. The molecule has 1 heterocycles. The van der Waals surface area contributed by atoms with E-state index in [0.717, 1.165) is 0 Å². The lowest BCUT2D eigenvalue weighted by Crippen LogP contribution is -2.73. The molecule has 0 aliphatic carbocycles. The highest BCUT2D eigenvalue weighted by Gasteiger charge is 2.49. The Hall–Kier alpha value is -3.42. The quantitative estimate of drug-likeness (QED) is 0.377.